The van der Waals surface area contributed by atoms with Crippen LogP contribution in [0.5, 0.6) is 5.75 Å². The van der Waals surface area contributed by atoms with Crippen LogP contribution in [0, 0.1) is 6.92 Å². The van der Waals surface area contributed by atoms with E-state index in [9.17, 15) is 13.2 Å². The molecule has 0 unspecified atom stereocenters. The van der Waals surface area contributed by atoms with E-state index in [-0.39, 0.29) is 23.9 Å². The third-order valence-corrected chi connectivity index (χ3v) is 5.76. The summed E-state index contributed by atoms with van der Waals surface area (Å²) in [6.45, 7) is 3.32. The molecule has 0 atom stereocenters. The molecule has 26 heavy (non-hydrogen) atoms. The predicted molar refractivity (Wildman–Crippen MR) is 102 cm³/mol. The quantitative estimate of drug-likeness (QED) is 0.780. The Hall–Kier alpha value is -2.09. The number of nitrogens with one attached hydrogen (secondary N) is 1. The minimum Gasteiger partial charge on any atom is -0.497 e. The van der Waals surface area contributed by atoms with Crippen molar-refractivity contribution in [2.24, 2.45) is 0 Å². The van der Waals surface area contributed by atoms with E-state index in [4.69, 9.17) is 16.3 Å². The Kier molecular flexibility index (Phi) is 6.63. The maximum Gasteiger partial charge on any atom is 0.240 e. The number of aryl methyl sites for hydroxylation is 1. The molecule has 8 heteroatoms. The lowest BCUT2D eigenvalue weighted by Crippen LogP contribution is -2.37. The van der Waals surface area contributed by atoms with Crippen molar-refractivity contribution in [3.8, 4) is 5.75 Å². The van der Waals surface area contributed by atoms with E-state index in [1.54, 1.807) is 43.3 Å². The second kappa shape index (κ2) is 8.53. The number of hydrogen-bond acceptors (Lipinski definition) is 4. The molecule has 0 aliphatic rings. The molecule has 0 aromatic heterocycles. The van der Waals surface area contributed by atoms with Crippen LogP contribution in [0.25, 0.3) is 0 Å². The number of methoxy groups -OCH3 is 1. The number of carbonyl (C=O) groups excluding carboxylic acids is 1. The van der Waals surface area contributed by atoms with Crippen LogP contribution in [-0.2, 0) is 14.8 Å². The fourth-order valence-corrected chi connectivity index (χ4v) is 4.02. The lowest BCUT2D eigenvalue weighted by molar-refractivity contribution is -0.116. The lowest BCUT2D eigenvalue weighted by atomic mass is 10.2. The molecule has 0 heterocycles. The van der Waals surface area contributed by atoms with Crippen molar-refractivity contribution >= 4 is 33.2 Å². The van der Waals surface area contributed by atoms with Gasteiger partial charge in [-0.2, -0.15) is 0 Å². The van der Waals surface area contributed by atoms with Gasteiger partial charge in [-0.3, -0.25) is 4.79 Å². The second-order valence-corrected chi connectivity index (χ2v) is 7.79. The van der Waals surface area contributed by atoms with Gasteiger partial charge in [-0.05, 0) is 42.8 Å². The van der Waals surface area contributed by atoms with Crippen molar-refractivity contribution in [3.63, 3.8) is 0 Å². The van der Waals surface area contributed by atoms with Crippen LogP contribution in [0.3, 0.4) is 0 Å². The van der Waals surface area contributed by atoms with Crippen LogP contribution >= 0.6 is 11.6 Å². The zero-order valence-corrected chi connectivity index (χ0v) is 16.4. The fraction of sp³-hybridized carbons (Fsp3) is 0.278. The van der Waals surface area contributed by atoms with Crippen LogP contribution in [0.15, 0.2) is 47.4 Å². The monoisotopic (exact) mass is 396 g/mol. The Bertz CT molecular complexity index is 900. The minimum atomic E-state index is -3.71. The fourth-order valence-electron chi connectivity index (χ4n) is 2.54. The molecule has 1 amide bonds. The first-order valence-electron chi connectivity index (χ1n) is 7.93. The topological polar surface area (TPSA) is 75.7 Å². The molecular weight excluding hydrogens is 376 g/mol. The first kappa shape index (κ1) is 20.2. The molecule has 0 spiro atoms. The number of benzene rings is 2. The second-order valence-electron chi connectivity index (χ2n) is 5.65. The highest BCUT2D eigenvalue weighted by Gasteiger charge is 2.19. The maximum atomic E-state index is 12.5. The molecule has 0 saturated heterocycles. The number of anilines is 1. The van der Waals surface area contributed by atoms with E-state index >= 15 is 0 Å². The normalized spacial score (nSPS) is 11.2. The van der Waals surface area contributed by atoms with E-state index in [0.29, 0.717) is 22.0 Å². The third-order valence-electron chi connectivity index (χ3n) is 3.82. The van der Waals surface area contributed by atoms with Gasteiger partial charge < -0.3 is 9.64 Å². The molecule has 2 aromatic carbocycles. The van der Waals surface area contributed by atoms with Gasteiger partial charge in [0.15, 0.2) is 0 Å². The molecule has 0 saturated carbocycles. The summed E-state index contributed by atoms with van der Waals surface area (Å²) in [5.41, 5.74) is 1.12. The van der Waals surface area contributed by atoms with Crippen LogP contribution in [-0.4, -0.2) is 34.5 Å². The van der Waals surface area contributed by atoms with Crippen molar-refractivity contribution in [1.82, 2.24) is 4.72 Å². The molecule has 0 radical (unpaired) electrons. The standard InChI is InChI=1S/C18H21ClN2O4S/c1-13-12-15(25-3)8-9-18(13)26(23,24)20-10-11-21(14(2)22)17-7-5-4-6-16(17)19/h4-9,12,20H,10-11H2,1-3H3. The van der Waals surface area contributed by atoms with Crippen LogP contribution in [0.1, 0.15) is 12.5 Å². The highest BCUT2D eigenvalue weighted by Crippen LogP contribution is 2.25. The van der Waals surface area contributed by atoms with Gasteiger partial charge in [-0.25, -0.2) is 13.1 Å². The van der Waals surface area contributed by atoms with Crippen molar-refractivity contribution < 1.29 is 17.9 Å². The molecule has 2 rings (SSSR count). The lowest BCUT2D eigenvalue weighted by Gasteiger charge is -2.22. The number of hydrogen-bond donors (Lipinski definition) is 1. The summed E-state index contributed by atoms with van der Waals surface area (Å²) in [5, 5.41) is 0.427. The smallest absolute Gasteiger partial charge is 0.240 e. The summed E-state index contributed by atoms with van der Waals surface area (Å²) in [5.74, 6) is 0.362. The predicted octanol–water partition coefficient (Wildman–Crippen LogP) is 2.99. The average molecular weight is 397 g/mol. The molecular formula is C18H21ClN2O4S. The summed E-state index contributed by atoms with van der Waals surface area (Å²) in [4.78, 5) is 13.5. The molecule has 1 N–H and O–H groups in total. The molecule has 0 fully saturated rings. The Balaban J connectivity index is 2.11. The van der Waals surface area contributed by atoms with Gasteiger partial charge in [0.1, 0.15) is 5.75 Å². The van der Waals surface area contributed by atoms with Gasteiger partial charge in [-0.15, -0.1) is 0 Å². The number of para-hydroxylation sites is 1. The highest BCUT2D eigenvalue weighted by atomic mass is 35.5. The van der Waals surface area contributed by atoms with Gasteiger partial charge in [0.2, 0.25) is 15.9 Å². The summed E-state index contributed by atoms with van der Waals surface area (Å²) in [6.07, 6.45) is 0. The van der Waals surface area contributed by atoms with Crippen molar-refractivity contribution in [3.05, 3.63) is 53.1 Å². The highest BCUT2D eigenvalue weighted by molar-refractivity contribution is 7.89. The van der Waals surface area contributed by atoms with E-state index in [1.807, 2.05) is 0 Å². The summed E-state index contributed by atoms with van der Waals surface area (Å²) in [6, 6.07) is 11.7. The van der Waals surface area contributed by atoms with Crippen LogP contribution in [0.4, 0.5) is 5.69 Å². The van der Waals surface area contributed by atoms with E-state index < -0.39 is 10.0 Å². The van der Waals surface area contributed by atoms with Gasteiger partial charge in [0.05, 0.1) is 22.7 Å². The summed E-state index contributed by atoms with van der Waals surface area (Å²) >= 11 is 6.13. The van der Waals surface area contributed by atoms with Gasteiger partial charge in [0.25, 0.3) is 0 Å². The summed E-state index contributed by atoms with van der Waals surface area (Å²) < 4.78 is 32.7. The number of carbonyl (C=O) groups is 1. The van der Waals surface area contributed by atoms with Crippen molar-refractivity contribution in [2.45, 2.75) is 18.7 Å². The average Bonchev–Trinajstić information content (AvgIpc) is 2.59. The number of halogens is 1. The number of sulfonamides is 1. The number of nitrogens with zero attached hydrogens (tertiary/aromatic N) is 1. The zero-order chi connectivity index (χ0) is 19.3. The number of rotatable bonds is 7. The van der Waals surface area contributed by atoms with Gasteiger partial charge in [0, 0.05) is 20.0 Å². The molecule has 140 valence electrons. The Labute approximate surface area is 158 Å². The molecule has 6 nitrogen and oxygen atoms in total. The number of ether oxygens (including phenoxy) is 1. The third kappa shape index (κ3) is 4.75. The SMILES string of the molecule is COc1ccc(S(=O)(=O)NCCN(C(C)=O)c2ccccc2Cl)c(C)c1. The first-order valence-corrected chi connectivity index (χ1v) is 9.79. The Morgan fingerprint density at radius 1 is 1.23 bits per heavy atom. The Morgan fingerprint density at radius 3 is 2.50 bits per heavy atom. The molecule has 0 aliphatic carbocycles. The zero-order valence-electron chi connectivity index (χ0n) is 14.8. The van der Waals surface area contributed by atoms with E-state index in [2.05, 4.69) is 4.72 Å². The van der Waals surface area contributed by atoms with E-state index in [1.165, 1.54) is 25.0 Å². The van der Waals surface area contributed by atoms with Gasteiger partial charge in [-0.1, -0.05) is 23.7 Å². The number of amides is 1. The van der Waals surface area contributed by atoms with Crippen LogP contribution in [0.2, 0.25) is 5.02 Å². The molecule has 0 aliphatic heterocycles. The van der Waals surface area contributed by atoms with Gasteiger partial charge >= 0.3 is 0 Å². The minimum absolute atomic E-state index is 0.0542. The van der Waals surface area contributed by atoms with Crippen molar-refractivity contribution in [2.75, 3.05) is 25.1 Å². The van der Waals surface area contributed by atoms with Crippen LogP contribution < -0.4 is 14.4 Å². The maximum absolute atomic E-state index is 12.5. The Morgan fingerprint density at radius 2 is 1.92 bits per heavy atom. The summed E-state index contributed by atoms with van der Waals surface area (Å²) in [7, 11) is -2.19. The molecule has 2 aromatic rings. The van der Waals surface area contributed by atoms with Crippen molar-refractivity contribution in [1.29, 1.82) is 0 Å². The first-order chi connectivity index (χ1) is 12.3. The molecule has 0 bridgehead atoms. The largest absolute Gasteiger partial charge is 0.497 e. The van der Waals surface area contributed by atoms with E-state index in [0.717, 1.165) is 0 Å².